The Kier molecular flexibility index (Phi) is 2.81. The highest BCUT2D eigenvalue weighted by molar-refractivity contribution is 5.95. The Balaban J connectivity index is 2.79. The highest BCUT2D eigenvalue weighted by Gasteiger charge is 2.14. The Morgan fingerprint density at radius 3 is 2.31 bits per heavy atom. The maximum Gasteiger partial charge on any atom is 0.105 e. The van der Waals surface area contributed by atoms with Crippen molar-refractivity contribution in [2.75, 3.05) is 5.23 Å². The summed E-state index contributed by atoms with van der Waals surface area (Å²) in [6.07, 6.45) is 0. The van der Waals surface area contributed by atoms with Crippen LogP contribution in [0, 0.1) is 0 Å². The fourth-order valence-corrected chi connectivity index (χ4v) is 1.96. The van der Waals surface area contributed by atoms with Crippen molar-refractivity contribution in [3.8, 4) is 0 Å². The minimum atomic E-state index is 0.220. The molecule has 0 fully saturated rings. The second kappa shape index (κ2) is 4.12. The van der Waals surface area contributed by atoms with Crippen molar-refractivity contribution < 1.29 is 10.4 Å². The summed E-state index contributed by atoms with van der Waals surface area (Å²) in [6, 6.07) is 11.6. The van der Waals surface area contributed by atoms with Crippen LogP contribution >= 0.6 is 0 Å². The van der Waals surface area contributed by atoms with E-state index in [0.29, 0.717) is 5.69 Å². The molecule has 0 radical (unpaired) electrons. The molecule has 2 N–H and O–H groups in total. The van der Waals surface area contributed by atoms with Gasteiger partial charge in [0.05, 0.1) is 0 Å². The van der Waals surface area contributed by atoms with Crippen LogP contribution < -0.4 is 5.23 Å². The van der Waals surface area contributed by atoms with Gasteiger partial charge in [0.15, 0.2) is 0 Å². The smallest absolute Gasteiger partial charge is 0.105 e. The van der Waals surface area contributed by atoms with Crippen molar-refractivity contribution in [2.24, 2.45) is 0 Å². The Morgan fingerprint density at radius 1 is 1.00 bits per heavy atom. The molecule has 0 aliphatic rings. The van der Waals surface area contributed by atoms with E-state index < -0.39 is 0 Å². The van der Waals surface area contributed by atoms with E-state index in [-0.39, 0.29) is 11.1 Å². The summed E-state index contributed by atoms with van der Waals surface area (Å²) in [7, 11) is 0. The first-order valence-electron chi connectivity index (χ1n) is 5.31. The molecular formula is C13H15NO2. The van der Waals surface area contributed by atoms with Crippen LogP contribution in [0.3, 0.4) is 0 Å². The lowest BCUT2D eigenvalue weighted by Crippen LogP contribution is -2.14. The molecule has 0 aromatic heterocycles. The first-order chi connectivity index (χ1) is 7.61. The topological polar surface area (TPSA) is 43.7 Å². The van der Waals surface area contributed by atoms with Gasteiger partial charge >= 0.3 is 0 Å². The molecule has 2 aromatic rings. The zero-order valence-electron chi connectivity index (χ0n) is 9.38. The van der Waals surface area contributed by atoms with Crippen LogP contribution in [0.1, 0.15) is 25.3 Å². The summed E-state index contributed by atoms with van der Waals surface area (Å²) in [5, 5.41) is 20.7. The van der Waals surface area contributed by atoms with Crippen LogP contribution in [0.25, 0.3) is 10.8 Å². The lowest BCUT2D eigenvalue weighted by atomic mass is 9.96. The molecule has 84 valence electrons. The zero-order chi connectivity index (χ0) is 11.7. The molecule has 0 unspecified atom stereocenters. The van der Waals surface area contributed by atoms with E-state index in [9.17, 15) is 10.4 Å². The predicted octanol–water partition coefficient (Wildman–Crippen LogP) is 3.55. The van der Waals surface area contributed by atoms with Gasteiger partial charge in [0.1, 0.15) is 5.69 Å². The maximum absolute atomic E-state index is 9.34. The highest BCUT2D eigenvalue weighted by atomic mass is 16.8. The molecule has 0 bridgehead atoms. The number of rotatable bonds is 2. The van der Waals surface area contributed by atoms with Crippen LogP contribution in [0.2, 0.25) is 0 Å². The summed E-state index contributed by atoms with van der Waals surface area (Å²) in [6.45, 7) is 4.05. The van der Waals surface area contributed by atoms with Gasteiger partial charge in [0.25, 0.3) is 0 Å². The normalized spacial score (nSPS) is 11.1. The monoisotopic (exact) mass is 217 g/mol. The van der Waals surface area contributed by atoms with E-state index >= 15 is 0 Å². The average Bonchev–Trinajstić information content (AvgIpc) is 2.27. The van der Waals surface area contributed by atoms with Gasteiger partial charge in [-0.05, 0) is 16.9 Å². The van der Waals surface area contributed by atoms with Gasteiger partial charge in [0, 0.05) is 5.39 Å². The average molecular weight is 217 g/mol. The third-order valence-corrected chi connectivity index (χ3v) is 2.75. The quantitative estimate of drug-likeness (QED) is 0.756. The van der Waals surface area contributed by atoms with E-state index in [2.05, 4.69) is 0 Å². The molecule has 0 saturated carbocycles. The zero-order valence-corrected chi connectivity index (χ0v) is 9.38. The van der Waals surface area contributed by atoms with Crippen molar-refractivity contribution in [1.82, 2.24) is 0 Å². The number of nitrogens with zero attached hydrogens (tertiary/aromatic N) is 1. The summed E-state index contributed by atoms with van der Waals surface area (Å²) in [4.78, 5) is 0. The van der Waals surface area contributed by atoms with Crippen LogP contribution in [0.15, 0.2) is 36.4 Å². The maximum atomic E-state index is 9.34. The Labute approximate surface area is 94.5 Å². The second-order valence-electron chi connectivity index (χ2n) is 4.17. The van der Waals surface area contributed by atoms with Crippen LogP contribution in [0.5, 0.6) is 0 Å². The third kappa shape index (κ3) is 1.75. The highest BCUT2D eigenvalue weighted by Crippen LogP contribution is 2.33. The van der Waals surface area contributed by atoms with Gasteiger partial charge in [-0.15, -0.1) is 5.23 Å². The van der Waals surface area contributed by atoms with Crippen LogP contribution in [0.4, 0.5) is 5.69 Å². The molecule has 2 aromatic carbocycles. The lowest BCUT2D eigenvalue weighted by molar-refractivity contribution is 0.0294. The Morgan fingerprint density at radius 2 is 1.69 bits per heavy atom. The van der Waals surface area contributed by atoms with E-state index in [0.717, 1.165) is 16.3 Å². The molecule has 0 aliphatic heterocycles. The largest absolute Gasteiger partial charge is 0.264 e. The molecule has 0 aliphatic carbocycles. The van der Waals surface area contributed by atoms with Crippen molar-refractivity contribution in [3.05, 3.63) is 42.0 Å². The van der Waals surface area contributed by atoms with Crippen molar-refractivity contribution in [1.29, 1.82) is 0 Å². The summed E-state index contributed by atoms with van der Waals surface area (Å²) in [5.74, 6) is 0.237. The summed E-state index contributed by atoms with van der Waals surface area (Å²) >= 11 is 0. The molecule has 3 nitrogen and oxygen atoms in total. The minimum Gasteiger partial charge on any atom is -0.264 e. The van der Waals surface area contributed by atoms with Crippen LogP contribution in [-0.2, 0) is 0 Å². The number of hydrogen-bond donors (Lipinski definition) is 2. The van der Waals surface area contributed by atoms with E-state index in [1.165, 1.54) is 0 Å². The minimum absolute atomic E-state index is 0.220. The fraction of sp³-hybridized carbons (Fsp3) is 0.231. The van der Waals surface area contributed by atoms with Crippen molar-refractivity contribution in [3.63, 3.8) is 0 Å². The summed E-state index contributed by atoms with van der Waals surface area (Å²) < 4.78 is 0. The number of benzene rings is 2. The van der Waals surface area contributed by atoms with Gasteiger partial charge in [-0.2, -0.15) is 0 Å². The SMILES string of the molecule is CC(C)c1ccc2ccccc2c1N(O)O. The second-order valence-corrected chi connectivity index (χ2v) is 4.17. The Bertz CT molecular complexity index is 506. The van der Waals surface area contributed by atoms with E-state index in [1.54, 1.807) is 0 Å². The number of fused-ring (bicyclic) bond motifs is 1. The van der Waals surface area contributed by atoms with Gasteiger partial charge in [0.2, 0.25) is 0 Å². The van der Waals surface area contributed by atoms with Gasteiger partial charge in [-0.3, -0.25) is 10.4 Å². The Hall–Kier alpha value is -1.58. The molecule has 0 atom stereocenters. The number of anilines is 1. The molecule has 2 rings (SSSR count). The number of hydrogen-bond acceptors (Lipinski definition) is 3. The predicted molar refractivity (Wildman–Crippen MR) is 64.1 cm³/mol. The molecule has 0 saturated heterocycles. The van der Waals surface area contributed by atoms with Crippen molar-refractivity contribution >= 4 is 16.5 Å². The molecule has 0 amide bonds. The first-order valence-corrected chi connectivity index (χ1v) is 5.31. The first kappa shape index (κ1) is 10.9. The molecular weight excluding hydrogens is 202 g/mol. The van der Waals surface area contributed by atoms with E-state index in [4.69, 9.17) is 0 Å². The van der Waals surface area contributed by atoms with E-state index in [1.807, 2.05) is 50.2 Å². The third-order valence-electron chi connectivity index (χ3n) is 2.75. The molecule has 0 spiro atoms. The van der Waals surface area contributed by atoms with Gasteiger partial charge < -0.3 is 0 Å². The van der Waals surface area contributed by atoms with Gasteiger partial charge in [-0.1, -0.05) is 50.2 Å². The standard InChI is InChI=1S/C13H15NO2/c1-9(2)11-8-7-10-5-3-4-6-12(10)13(11)14(15)16/h3-9,15-16H,1-2H3. The molecule has 16 heavy (non-hydrogen) atoms. The fourth-order valence-electron chi connectivity index (χ4n) is 1.96. The molecule has 3 heteroatoms. The van der Waals surface area contributed by atoms with Gasteiger partial charge in [-0.25, -0.2) is 0 Å². The summed E-state index contributed by atoms with van der Waals surface area (Å²) in [5.41, 5.74) is 1.39. The lowest BCUT2D eigenvalue weighted by Gasteiger charge is -2.18. The van der Waals surface area contributed by atoms with Crippen LogP contribution in [-0.4, -0.2) is 10.4 Å². The van der Waals surface area contributed by atoms with Crippen molar-refractivity contribution in [2.45, 2.75) is 19.8 Å². The molecule has 0 heterocycles.